The van der Waals surface area contributed by atoms with Crippen molar-refractivity contribution in [3.63, 3.8) is 0 Å². The lowest BCUT2D eigenvalue weighted by molar-refractivity contribution is -0.127. The molecular formula is C18H22ClN3O3S2. The lowest BCUT2D eigenvalue weighted by Gasteiger charge is -2.14. The number of amides is 2. The van der Waals surface area contributed by atoms with Crippen molar-refractivity contribution in [2.75, 3.05) is 38.3 Å². The minimum Gasteiger partial charge on any atom is -0.383 e. The van der Waals surface area contributed by atoms with Gasteiger partial charge in [-0.05, 0) is 31.0 Å². The van der Waals surface area contributed by atoms with Gasteiger partial charge in [0.05, 0.1) is 28.3 Å². The lowest BCUT2D eigenvalue weighted by Crippen LogP contribution is -2.29. The maximum atomic E-state index is 12.3. The van der Waals surface area contributed by atoms with Crippen LogP contribution < -0.4 is 4.80 Å². The van der Waals surface area contributed by atoms with E-state index in [1.165, 1.54) is 23.1 Å². The molecule has 0 spiro atoms. The van der Waals surface area contributed by atoms with Crippen molar-refractivity contribution in [2.24, 2.45) is 4.99 Å². The molecule has 0 aliphatic carbocycles. The first-order valence-electron chi connectivity index (χ1n) is 8.79. The number of thioether (sulfide) groups is 1. The van der Waals surface area contributed by atoms with E-state index in [9.17, 15) is 9.59 Å². The zero-order valence-electron chi connectivity index (χ0n) is 15.1. The molecule has 1 saturated heterocycles. The van der Waals surface area contributed by atoms with Crippen LogP contribution in [0.1, 0.15) is 12.8 Å². The minimum atomic E-state index is -0.238. The molecular weight excluding hydrogens is 406 g/mol. The van der Waals surface area contributed by atoms with E-state index in [2.05, 4.69) is 4.99 Å². The number of benzene rings is 1. The van der Waals surface area contributed by atoms with Gasteiger partial charge >= 0.3 is 0 Å². The highest BCUT2D eigenvalue weighted by molar-refractivity contribution is 8.00. The Balaban J connectivity index is 1.69. The number of carbonyl (C=O) groups is 2. The highest BCUT2D eigenvalue weighted by Crippen LogP contribution is 2.22. The smallest absolute Gasteiger partial charge is 0.258 e. The molecule has 0 unspecified atom stereocenters. The number of fused-ring (bicyclic) bond motifs is 1. The number of halogens is 1. The van der Waals surface area contributed by atoms with Gasteiger partial charge in [-0.15, -0.1) is 11.8 Å². The van der Waals surface area contributed by atoms with E-state index in [1.54, 1.807) is 7.11 Å². The molecule has 1 aliphatic heterocycles. The summed E-state index contributed by atoms with van der Waals surface area (Å²) in [6.07, 6.45) is 2.14. The molecule has 0 bridgehead atoms. The van der Waals surface area contributed by atoms with Crippen LogP contribution in [0.3, 0.4) is 0 Å². The average Bonchev–Trinajstić information content (AvgIpc) is 3.27. The van der Waals surface area contributed by atoms with Crippen molar-refractivity contribution in [3.8, 4) is 0 Å². The third-order valence-electron chi connectivity index (χ3n) is 4.29. The van der Waals surface area contributed by atoms with Crippen molar-refractivity contribution in [1.82, 2.24) is 9.47 Å². The van der Waals surface area contributed by atoms with Crippen LogP contribution in [-0.2, 0) is 20.9 Å². The van der Waals surface area contributed by atoms with E-state index < -0.39 is 0 Å². The number of carbonyl (C=O) groups excluding carboxylic acids is 2. The Morgan fingerprint density at radius 3 is 2.81 bits per heavy atom. The van der Waals surface area contributed by atoms with E-state index in [-0.39, 0.29) is 17.6 Å². The zero-order chi connectivity index (χ0) is 19.2. The summed E-state index contributed by atoms with van der Waals surface area (Å²) in [4.78, 5) is 31.1. The summed E-state index contributed by atoms with van der Waals surface area (Å²) in [5.41, 5.74) is 0.977. The van der Waals surface area contributed by atoms with E-state index >= 15 is 0 Å². The summed E-state index contributed by atoms with van der Waals surface area (Å²) >= 11 is 8.83. The van der Waals surface area contributed by atoms with Gasteiger partial charge in [-0.1, -0.05) is 22.9 Å². The molecule has 0 radical (unpaired) electrons. The summed E-state index contributed by atoms with van der Waals surface area (Å²) in [7, 11) is 1.64. The summed E-state index contributed by atoms with van der Waals surface area (Å²) < 4.78 is 8.12. The van der Waals surface area contributed by atoms with E-state index in [0.29, 0.717) is 28.7 Å². The van der Waals surface area contributed by atoms with Crippen LogP contribution in [0, 0.1) is 0 Å². The Hall–Kier alpha value is -1.35. The number of methoxy groups -OCH3 is 1. The van der Waals surface area contributed by atoms with Gasteiger partial charge < -0.3 is 14.2 Å². The Kier molecular flexibility index (Phi) is 7.34. The number of hydrogen-bond acceptors (Lipinski definition) is 5. The Labute approximate surface area is 171 Å². The van der Waals surface area contributed by atoms with Crippen molar-refractivity contribution < 1.29 is 14.3 Å². The quantitative estimate of drug-likeness (QED) is 0.681. The van der Waals surface area contributed by atoms with Crippen LogP contribution in [-0.4, -0.2) is 59.6 Å². The van der Waals surface area contributed by atoms with Crippen LogP contribution in [0.25, 0.3) is 10.2 Å². The van der Waals surface area contributed by atoms with Gasteiger partial charge in [0.25, 0.3) is 5.91 Å². The fourth-order valence-electron chi connectivity index (χ4n) is 2.95. The molecule has 146 valence electrons. The van der Waals surface area contributed by atoms with Gasteiger partial charge in [-0.2, -0.15) is 4.99 Å². The topological polar surface area (TPSA) is 63.9 Å². The first kappa shape index (κ1) is 20.4. The van der Waals surface area contributed by atoms with Gasteiger partial charge in [0.15, 0.2) is 4.80 Å². The molecule has 1 aromatic heterocycles. The molecule has 9 heteroatoms. The molecule has 0 atom stereocenters. The maximum absolute atomic E-state index is 12.3. The third-order valence-corrected chi connectivity index (χ3v) is 6.47. The van der Waals surface area contributed by atoms with E-state index in [0.717, 1.165) is 36.1 Å². The first-order chi connectivity index (χ1) is 13.1. The van der Waals surface area contributed by atoms with E-state index in [1.807, 2.05) is 27.7 Å². The molecule has 1 aromatic carbocycles. The predicted molar refractivity (Wildman–Crippen MR) is 110 cm³/mol. The van der Waals surface area contributed by atoms with Crippen molar-refractivity contribution in [2.45, 2.75) is 19.4 Å². The van der Waals surface area contributed by atoms with Crippen LogP contribution in [0.15, 0.2) is 23.2 Å². The lowest BCUT2D eigenvalue weighted by atomic mass is 10.3. The number of aromatic nitrogens is 1. The zero-order valence-corrected chi connectivity index (χ0v) is 17.5. The van der Waals surface area contributed by atoms with Gasteiger partial charge in [-0.25, -0.2) is 0 Å². The Morgan fingerprint density at radius 2 is 2.07 bits per heavy atom. The minimum absolute atomic E-state index is 0.108. The van der Waals surface area contributed by atoms with Crippen LogP contribution in [0.4, 0.5) is 0 Å². The van der Waals surface area contributed by atoms with E-state index in [4.69, 9.17) is 16.3 Å². The summed E-state index contributed by atoms with van der Waals surface area (Å²) in [5, 5.41) is 0.650. The maximum Gasteiger partial charge on any atom is 0.258 e. The normalized spacial score (nSPS) is 15.0. The van der Waals surface area contributed by atoms with Gasteiger partial charge in [0.2, 0.25) is 5.91 Å². The molecule has 27 heavy (non-hydrogen) atoms. The highest BCUT2D eigenvalue weighted by atomic mass is 35.5. The predicted octanol–water partition coefficient (Wildman–Crippen LogP) is 2.79. The Morgan fingerprint density at radius 1 is 1.30 bits per heavy atom. The van der Waals surface area contributed by atoms with Gasteiger partial charge in [0.1, 0.15) is 0 Å². The van der Waals surface area contributed by atoms with Crippen molar-refractivity contribution in [1.29, 1.82) is 0 Å². The molecule has 6 nitrogen and oxygen atoms in total. The molecule has 2 heterocycles. The van der Waals surface area contributed by atoms with Crippen LogP contribution in [0.5, 0.6) is 0 Å². The summed E-state index contributed by atoms with van der Waals surface area (Å²) in [6.45, 7) is 2.79. The number of nitrogens with zero attached hydrogens (tertiary/aromatic N) is 3. The number of ether oxygens (including phenoxy) is 1. The Bertz CT molecular complexity index is 888. The highest BCUT2D eigenvalue weighted by Gasteiger charge is 2.18. The standard InChI is InChI=1S/C18H22ClN3O3S2/c1-25-9-8-22-14-5-4-13(19)10-15(14)27-18(22)20-16(23)11-26-12-17(24)21-6-2-3-7-21/h4-5,10H,2-3,6-9,11-12H2,1H3. The third kappa shape index (κ3) is 5.34. The van der Waals surface area contributed by atoms with Crippen molar-refractivity contribution >= 4 is 56.7 Å². The second-order valence-corrected chi connectivity index (χ2v) is 8.66. The fraction of sp³-hybridized carbons (Fsp3) is 0.500. The number of likely N-dealkylation sites (tertiary alicyclic amines) is 1. The second kappa shape index (κ2) is 9.73. The molecule has 1 fully saturated rings. The second-order valence-electron chi connectivity index (χ2n) is 6.23. The molecule has 2 aromatic rings. The molecule has 3 rings (SSSR count). The SMILES string of the molecule is COCCn1c(=NC(=O)CSCC(=O)N2CCCC2)sc2cc(Cl)ccc21. The van der Waals surface area contributed by atoms with Crippen LogP contribution in [0.2, 0.25) is 5.02 Å². The summed E-state index contributed by atoms with van der Waals surface area (Å²) in [6, 6.07) is 5.62. The molecule has 1 aliphatic rings. The molecule has 2 amide bonds. The molecule has 0 saturated carbocycles. The van der Waals surface area contributed by atoms with Gasteiger partial charge in [0, 0.05) is 31.8 Å². The number of hydrogen-bond donors (Lipinski definition) is 0. The fourth-order valence-corrected chi connectivity index (χ4v) is 5.00. The van der Waals surface area contributed by atoms with Crippen molar-refractivity contribution in [3.05, 3.63) is 28.0 Å². The summed E-state index contributed by atoms with van der Waals surface area (Å²) in [5.74, 6) is 0.390. The molecule has 0 N–H and O–H groups in total. The largest absolute Gasteiger partial charge is 0.383 e. The average molecular weight is 428 g/mol. The first-order valence-corrected chi connectivity index (χ1v) is 11.1. The number of rotatable bonds is 7. The van der Waals surface area contributed by atoms with Gasteiger partial charge in [-0.3, -0.25) is 9.59 Å². The monoisotopic (exact) mass is 427 g/mol. The van der Waals surface area contributed by atoms with Crippen LogP contribution >= 0.6 is 34.7 Å². The number of thiazole rings is 1.